The van der Waals surface area contributed by atoms with Crippen LogP contribution in [0.1, 0.15) is 32.4 Å². The summed E-state index contributed by atoms with van der Waals surface area (Å²) in [5.74, 6) is -2.30. The Bertz CT molecular complexity index is 1530. The molecule has 37 heavy (non-hydrogen) atoms. The van der Waals surface area contributed by atoms with Gasteiger partial charge in [0.25, 0.3) is 10.0 Å². The summed E-state index contributed by atoms with van der Waals surface area (Å²) in [6, 6.07) is 25.7. The first-order valence-electron chi connectivity index (χ1n) is 11.1. The third kappa shape index (κ3) is 5.84. The fourth-order valence-corrected chi connectivity index (χ4v) is 4.77. The predicted molar refractivity (Wildman–Crippen MR) is 136 cm³/mol. The second-order valence-corrected chi connectivity index (χ2v) is 9.53. The van der Waals surface area contributed by atoms with Gasteiger partial charge < -0.3 is 9.47 Å². The molecule has 1 unspecified atom stereocenters. The number of carbonyl (C=O) groups is 2. The van der Waals surface area contributed by atoms with Gasteiger partial charge in [0, 0.05) is 11.1 Å². The lowest BCUT2D eigenvalue weighted by Crippen LogP contribution is -2.21. The second-order valence-electron chi connectivity index (χ2n) is 7.88. The van der Waals surface area contributed by atoms with Crippen LogP contribution in [0.25, 0.3) is 0 Å². The number of nitrogens with one attached hydrogen (secondary N) is 1. The topological polar surface area (TPSA) is 98.8 Å². The number of anilines is 1. The van der Waals surface area contributed by atoms with E-state index in [1.165, 1.54) is 19.2 Å². The van der Waals surface area contributed by atoms with Crippen LogP contribution < -0.4 is 9.46 Å². The molecule has 0 aliphatic carbocycles. The summed E-state index contributed by atoms with van der Waals surface area (Å²) in [4.78, 5) is 25.5. The summed E-state index contributed by atoms with van der Waals surface area (Å²) in [5.41, 5.74) is 0.601. The van der Waals surface area contributed by atoms with Crippen LogP contribution in [0.4, 0.5) is 10.1 Å². The average molecular weight is 520 g/mol. The van der Waals surface area contributed by atoms with Crippen molar-refractivity contribution in [3.8, 4) is 5.75 Å². The minimum atomic E-state index is -4.45. The number of hydrogen-bond donors (Lipinski definition) is 1. The minimum absolute atomic E-state index is 0.0926. The van der Waals surface area contributed by atoms with E-state index in [-0.39, 0.29) is 17.0 Å². The van der Waals surface area contributed by atoms with Crippen molar-refractivity contribution in [1.82, 2.24) is 0 Å². The number of Topliss-reactive ketones (excluding diaryl/α,β-unsaturated/α-hetero) is 1. The van der Waals surface area contributed by atoms with E-state index in [4.69, 9.17) is 9.47 Å². The molecule has 0 radical (unpaired) electrons. The molecule has 0 amide bonds. The van der Waals surface area contributed by atoms with Gasteiger partial charge in [-0.1, -0.05) is 72.8 Å². The second kappa shape index (κ2) is 11.0. The minimum Gasteiger partial charge on any atom is -0.495 e. The number of methoxy groups -OCH3 is 1. The molecule has 4 aromatic carbocycles. The number of rotatable bonds is 9. The monoisotopic (exact) mass is 519 g/mol. The maximum absolute atomic E-state index is 14.6. The summed E-state index contributed by atoms with van der Waals surface area (Å²) < 4.78 is 53.6. The first-order chi connectivity index (χ1) is 17.8. The molecule has 7 nitrogen and oxygen atoms in total. The van der Waals surface area contributed by atoms with Crippen LogP contribution in [0.5, 0.6) is 5.75 Å². The van der Waals surface area contributed by atoms with Crippen LogP contribution >= 0.6 is 0 Å². The zero-order chi connectivity index (χ0) is 26.4. The number of ketones is 1. The molecule has 4 aromatic rings. The van der Waals surface area contributed by atoms with Crippen molar-refractivity contribution in [1.29, 1.82) is 0 Å². The lowest BCUT2D eigenvalue weighted by Gasteiger charge is -2.18. The number of esters is 1. The lowest BCUT2D eigenvalue weighted by molar-refractivity contribution is 0.0279. The van der Waals surface area contributed by atoms with Gasteiger partial charge in [0.2, 0.25) is 5.78 Å². The van der Waals surface area contributed by atoms with Crippen LogP contribution in [0, 0.1) is 5.82 Å². The highest BCUT2D eigenvalue weighted by Crippen LogP contribution is 2.29. The Morgan fingerprint density at radius 1 is 0.811 bits per heavy atom. The summed E-state index contributed by atoms with van der Waals surface area (Å²) in [6.45, 7) is 0. The summed E-state index contributed by atoms with van der Waals surface area (Å²) in [7, 11) is -3.09. The largest absolute Gasteiger partial charge is 0.495 e. The van der Waals surface area contributed by atoms with Gasteiger partial charge in [0.15, 0.2) is 6.10 Å². The molecule has 0 aliphatic rings. The fourth-order valence-electron chi connectivity index (χ4n) is 3.59. The van der Waals surface area contributed by atoms with Crippen molar-refractivity contribution in [3.05, 3.63) is 126 Å². The van der Waals surface area contributed by atoms with E-state index < -0.39 is 38.6 Å². The molecule has 0 aliphatic heterocycles. The SMILES string of the molecule is COc1ccccc1NS(=O)(=O)c1cc(C(=O)OC(C(=O)c2ccccc2)c2ccccc2)ccc1F. The molecule has 9 heteroatoms. The zero-order valence-corrected chi connectivity index (χ0v) is 20.4. The molecule has 0 aromatic heterocycles. The van der Waals surface area contributed by atoms with Gasteiger partial charge in [-0.15, -0.1) is 0 Å². The normalized spacial score (nSPS) is 11.8. The zero-order valence-electron chi connectivity index (χ0n) is 19.6. The Morgan fingerprint density at radius 3 is 2.11 bits per heavy atom. The van der Waals surface area contributed by atoms with Crippen molar-refractivity contribution in [2.75, 3.05) is 11.8 Å². The van der Waals surface area contributed by atoms with Crippen molar-refractivity contribution in [3.63, 3.8) is 0 Å². The third-order valence-corrected chi connectivity index (χ3v) is 6.81. The maximum atomic E-state index is 14.6. The highest BCUT2D eigenvalue weighted by atomic mass is 32.2. The van der Waals surface area contributed by atoms with E-state index in [1.54, 1.807) is 72.8 Å². The molecule has 1 N–H and O–H groups in total. The summed E-state index contributed by atoms with van der Waals surface area (Å²) >= 11 is 0. The smallest absolute Gasteiger partial charge is 0.339 e. The van der Waals surface area contributed by atoms with Crippen molar-refractivity contribution in [2.24, 2.45) is 0 Å². The van der Waals surface area contributed by atoms with Gasteiger partial charge >= 0.3 is 5.97 Å². The maximum Gasteiger partial charge on any atom is 0.339 e. The van der Waals surface area contributed by atoms with Gasteiger partial charge in [-0.2, -0.15) is 0 Å². The molecule has 4 rings (SSSR count). The highest BCUT2D eigenvalue weighted by Gasteiger charge is 2.28. The molecule has 0 saturated carbocycles. The van der Waals surface area contributed by atoms with Crippen LogP contribution in [0.2, 0.25) is 0 Å². The first-order valence-corrected chi connectivity index (χ1v) is 12.6. The molecule has 0 heterocycles. The average Bonchev–Trinajstić information content (AvgIpc) is 2.92. The van der Waals surface area contributed by atoms with Gasteiger partial charge in [-0.25, -0.2) is 17.6 Å². The van der Waals surface area contributed by atoms with E-state index in [2.05, 4.69) is 4.72 Å². The van der Waals surface area contributed by atoms with E-state index >= 15 is 0 Å². The van der Waals surface area contributed by atoms with Crippen LogP contribution in [0.3, 0.4) is 0 Å². The molecule has 1 atom stereocenters. The van der Waals surface area contributed by atoms with Crippen LogP contribution in [-0.2, 0) is 14.8 Å². The number of para-hydroxylation sites is 2. The number of hydrogen-bond acceptors (Lipinski definition) is 6. The number of carbonyl (C=O) groups excluding carboxylic acids is 2. The number of sulfonamides is 1. The van der Waals surface area contributed by atoms with Gasteiger partial charge in [-0.05, 0) is 30.3 Å². The van der Waals surface area contributed by atoms with E-state index in [1.807, 2.05) is 0 Å². The van der Waals surface area contributed by atoms with Crippen LogP contribution in [-0.4, -0.2) is 27.3 Å². The summed E-state index contributed by atoms with van der Waals surface area (Å²) in [6.07, 6.45) is -1.30. The van der Waals surface area contributed by atoms with Gasteiger partial charge in [0.05, 0.1) is 18.4 Å². The Balaban J connectivity index is 1.65. The Kier molecular flexibility index (Phi) is 7.64. The molecule has 0 spiro atoms. The van der Waals surface area contributed by atoms with Crippen molar-refractivity contribution in [2.45, 2.75) is 11.0 Å². The standard InChI is InChI=1S/C28H22FNO6S/c1-35-24-15-9-8-14-23(24)30-37(33,34)25-18-21(16-17-22(25)29)28(32)36-27(20-12-6-3-7-13-20)26(31)19-10-4-2-5-11-19/h2-18,27,30H,1H3. The van der Waals surface area contributed by atoms with E-state index in [9.17, 15) is 22.4 Å². The predicted octanol–water partition coefficient (Wildman–Crippen LogP) is 5.42. The number of ether oxygens (including phenoxy) is 2. The lowest BCUT2D eigenvalue weighted by atomic mass is 10.00. The number of benzene rings is 4. The van der Waals surface area contributed by atoms with Gasteiger partial charge in [-0.3, -0.25) is 9.52 Å². The Morgan fingerprint density at radius 2 is 1.43 bits per heavy atom. The summed E-state index contributed by atoms with van der Waals surface area (Å²) in [5, 5.41) is 0. The highest BCUT2D eigenvalue weighted by molar-refractivity contribution is 7.92. The molecular weight excluding hydrogens is 497 g/mol. The van der Waals surface area contributed by atoms with Crippen LogP contribution in [0.15, 0.2) is 108 Å². The van der Waals surface area contributed by atoms with E-state index in [0.717, 1.165) is 18.2 Å². The molecule has 0 bridgehead atoms. The molecule has 0 saturated heterocycles. The third-order valence-electron chi connectivity index (χ3n) is 5.43. The number of halogens is 1. The molecular formula is C28H22FNO6S. The fraction of sp³-hybridized carbons (Fsp3) is 0.0714. The van der Waals surface area contributed by atoms with E-state index in [0.29, 0.717) is 11.1 Å². The Hall–Kier alpha value is -4.50. The van der Waals surface area contributed by atoms with Crippen molar-refractivity contribution >= 4 is 27.5 Å². The Labute approximate surface area is 213 Å². The molecule has 0 fully saturated rings. The molecule has 188 valence electrons. The van der Waals surface area contributed by atoms with Gasteiger partial charge in [0.1, 0.15) is 16.5 Å². The van der Waals surface area contributed by atoms with Crippen molar-refractivity contribution < 1.29 is 31.9 Å². The first kappa shape index (κ1) is 25.6. The quantitative estimate of drug-likeness (QED) is 0.234.